The quantitative estimate of drug-likeness (QED) is 0.827. The molecule has 0 spiro atoms. The molecule has 1 N–H and O–H groups in total. The Morgan fingerprint density at radius 3 is 2.21 bits per heavy atom. The number of nitrogens with one attached hydrogen (secondary N) is 1. The number of anilines is 1. The highest BCUT2D eigenvalue weighted by Gasteiger charge is 2.25. The molecule has 0 unspecified atom stereocenters. The van der Waals surface area contributed by atoms with Crippen LogP contribution in [0, 0.1) is 0 Å². The smallest absolute Gasteiger partial charge is 0.355 e. The van der Waals surface area contributed by atoms with E-state index >= 15 is 0 Å². The first-order valence-corrected chi connectivity index (χ1v) is 7.43. The van der Waals surface area contributed by atoms with Gasteiger partial charge >= 0.3 is 16.0 Å². The number of alkyl halides is 2. The van der Waals surface area contributed by atoms with E-state index < -0.39 is 36.6 Å². The normalized spacial score (nSPS) is 12.5. The number of benzene rings is 1. The van der Waals surface area contributed by atoms with Crippen molar-refractivity contribution in [2.45, 2.75) is 10.7 Å². The van der Waals surface area contributed by atoms with Gasteiger partial charge in [0, 0.05) is 6.07 Å². The van der Waals surface area contributed by atoms with E-state index in [2.05, 4.69) is 4.74 Å². The summed E-state index contributed by atoms with van der Waals surface area (Å²) in [7, 11) is -8.97. The Morgan fingerprint density at radius 1 is 1.21 bits per heavy atom. The van der Waals surface area contributed by atoms with Crippen molar-refractivity contribution in [3.05, 3.63) is 18.2 Å². The van der Waals surface area contributed by atoms with Crippen LogP contribution in [0.15, 0.2) is 23.1 Å². The molecule has 1 rings (SSSR count). The molecule has 0 saturated heterocycles. The van der Waals surface area contributed by atoms with Gasteiger partial charge in [-0.05, 0) is 12.1 Å². The lowest BCUT2D eigenvalue weighted by Gasteiger charge is -2.10. The molecular weight excluding hydrogens is 311 g/mol. The Hall–Kier alpha value is -1.49. The van der Waals surface area contributed by atoms with Gasteiger partial charge in [-0.15, -0.1) is 3.89 Å². The number of methoxy groups -OCH3 is 1. The molecule has 0 saturated carbocycles. The summed E-state index contributed by atoms with van der Waals surface area (Å²) in [5, 5.41) is 0. The molecule has 6 nitrogen and oxygen atoms in total. The molecule has 0 amide bonds. The van der Waals surface area contributed by atoms with Crippen molar-refractivity contribution in [3.63, 3.8) is 0 Å². The van der Waals surface area contributed by atoms with Crippen molar-refractivity contribution in [2.24, 2.45) is 0 Å². The van der Waals surface area contributed by atoms with Gasteiger partial charge in [0.15, 0.2) is 0 Å². The summed E-state index contributed by atoms with van der Waals surface area (Å²) >= 11 is 0. The number of ether oxygens (including phenoxy) is 1. The fourth-order valence-electron chi connectivity index (χ4n) is 1.14. The third-order valence-corrected chi connectivity index (χ3v) is 3.77. The second kappa shape index (κ2) is 5.25. The summed E-state index contributed by atoms with van der Waals surface area (Å²) < 4.78 is 86.3. The van der Waals surface area contributed by atoms with Crippen LogP contribution in [0.4, 0.5) is 18.4 Å². The number of sulfonamides is 1. The highest BCUT2D eigenvalue weighted by Crippen LogP contribution is 2.29. The predicted octanol–water partition coefficient (Wildman–Crippen LogP) is 1.32. The van der Waals surface area contributed by atoms with Crippen molar-refractivity contribution >= 4 is 25.9 Å². The summed E-state index contributed by atoms with van der Waals surface area (Å²) in [6, 6.07) is 2.28. The van der Waals surface area contributed by atoms with Crippen LogP contribution in [0.25, 0.3) is 0 Å². The lowest BCUT2D eigenvalue weighted by atomic mass is 10.3. The SMILES string of the molecule is COc1cc(NS(=O)(=O)C(F)F)ccc1S(=O)(=O)F. The second-order valence-electron chi connectivity index (χ2n) is 3.21. The van der Waals surface area contributed by atoms with Crippen LogP contribution < -0.4 is 9.46 Å². The van der Waals surface area contributed by atoms with E-state index in [9.17, 15) is 29.5 Å². The topological polar surface area (TPSA) is 89.5 Å². The summed E-state index contributed by atoms with van der Waals surface area (Å²) in [6.45, 7) is 0. The molecule has 0 radical (unpaired) electrons. The molecule has 1 aromatic carbocycles. The Morgan fingerprint density at radius 2 is 1.79 bits per heavy atom. The van der Waals surface area contributed by atoms with E-state index in [4.69, 9.17) is 0 Å². The Bertz CT molecular complexity index is 672. The molecule has 0 heterocycles. The Balaban J connectivity index is 3.23. The maximum Gasteiger partial charge on any atom is 0.355 e. The van der Waals surface area contributed by atoms with E-state index in [1.54, 1.807) is 0 Å². The maximum absolute atomic E-state index is 12.8. The highest BCUT2D eigenvalue weighted by atomic mass is 32.3. The average molecular weight is 319 g/mol. The zero-order chi connectivity index (χ0) is 14.8. The molecule has 0 bridgehead atoms. The molecule has 0 aliphatic rings. The van der Waals surface area contributed by atoms with E-state index in [1.165, 1.54) is 4.72 Å². The van der Waals surface area contributed by atoms with Crippen LogP contribution >= 0.6 is 0 Å². The molecule has 11 heteroatoms. The first kappa shape index (κ1) is 15.6. The van der Waals surface area contributed by atoms with Crippen molar-refractivity contribution in [1.82, 2.24) is 0 Å². The molecular formula is C8H8F3NO5S2. The van der Waals surface area contributed by atoms with E-state index in [-0.39, 0.29) is 5.69 Å². The van der Waals surface area contributed by atoms with Gasteiger partial charge in [0.1, 0.15) is 10.6 Å². The molecule has 0 aliphatic heterocycles. The van der Waals surface area contributed by atoms with Gasteiger partial charge in [0.2, 0.25) is 0 Å². The summed E-state index contributed by atoms with van der Waals surface area (Å²) in [5.41, 5.74) is -0.385. The highest BCUT2D eigenvalue weighted by molar-refractivity contribution is 7.93. The van der Waals surface area contributed by atoms with Gasteiger partial charge < -0.3 is 4.74 Å². The largest absolute Gasteiger partial charge is 0.495 e. The van der Waals surface area contributed by atoms with E-state index in [1.807, 2.05) is 0 Å². The minimum Gasteiger partial charge on any atom is -0.495 e. The van der Waals surface area contributed by atoms with Gasteiger partial charge in [-0.25, -0.2) is 8.42 Å². The monoisotopic (exact) mass is 319 g/mol. The molecule has 19 heavy (non-hydrogen) atoms. The maximum atomic E-state index is 12.8. The summed E-state index contributed by atoms with van der Waals surface area (Å²) in [4.78, 5) is -0.838. The van der Waals surface area contributed by atoms with Gasteiger partial charge in [-0.3, -0.25) is 4.72 Å². The Kier molecular flexibility index (Phi) is 4.30. The molecule has 108 valence electrons. The molecule has 0 atom stereocenters. The summed E-state index contributed by atoms with van der Waals surface area (Å²) in [6.07, 6.45) is 0. The van der Waals surface area contributed by atoms with Crippen LogP contribution in [-0.4, -0.2) is 29.7 Å². The van der Waals surface area contributed by atoms with Gasteiger partial charge in [0.25, 0.3) is 10.0 Å². The van der Waals surface area contributed by atoms with Gasteiger partial charge in [-0.1, -0.05) is 0 Å². The average Bonchev–Trinajstić information content (AvgIpc) is 2.26. The number of hydrogen-bond acceptors (Lipinski definition) is 5. The van der Waals surface area contributed by atoms with Gasteiger partial charge in [0.05, 0.1) is 12.8 Å². The Labute approximate surface area is 107 Å². The van der Waals surface area contributed by atoms with E-state index in [0.717, 1.165) is 19.2 Å². The third kappa shape index (κ3) is 3.73. The lowest BCUT2D eigenvalue weighted by molar-refractivity contribution is 0.236. The molecule has 0 fully saturated rings. The van der Waals surface area contributed by atoms with Gasteiger partial charge in [-0.2, -0.15) is 17.2 Å². The first-order chi connectivity index (χ1) is 8.58. The second-order valence-corrected chi connectivity index (χ2v) is 6.18. The fourth-order valence-corrected chi connectivity index (χ4v) is 2.30. The van der Waals surface area contributed by atoms with Crippen molar-refractivity contribution < 1.29 is 34.2 Å². The minimum atomic E-state index is -5.07. The number of halogens is 3. The van der Waals surface area contributed by atoms with Crippen LogP contribution in [-0.2, 0) is 20.2 Å². The number of rotatable bonds is 5. The lowest BCUT2D eigenvalue weighted by Crippen LogP contribution is -2.20. The number of hydrogen-bond donors (Lipinski definition) is 1. The zero-order valence-corrected chi connectivity index (χ0v) is 10.9. The van der Waals surface area contributed by atoms with Crippen LogP contribution in [0.5, 0.6) is 5.75 Å². The third-order valence-electron chi connectivity index (χ3n) is 1.92. The minimum absolute atomic E-state index is 0.385. The molecule has 0 aromatic heterocycles. The fraction of sp³-hybridized carbons (Fsp3) is 0.250. The van der Waals surface area contributed by atoms with E-state index in [0.29, 0.717) is 6.07 Å². The van der Waals surface area contributed by atoms with Crippen molar-refractivity contribution in [3.8, 4) is 5.75 Å². The molecule has 1 aromatic rings. The van der Waals surface area contributed by atoms with Crippen LogP contribution in [0.2, 0.25) is 0 Å². The van der Waals surface area contributed by atoms with Crippen LogP contribution in [0.3, 0.4) is 0 Å². The standard InChI is InChI=1S/C8H8F3NO5S2/c1-17-6-4-5(12-19(15,16)8(9)10)2-3-7(6)18(11,13)14/h2-4,8,12H,1H3. The molecule has 0 aliphatic carbocycles. The zero-order valence-electron chi connectivity index (χ0n) is 9.30. The summed E-state index contributed by atoms with van der Waals surface area (Å²) in [5.74, 6) is -4.18. The van der Waals surface area contributed by atoms with Crippen LogP contribution in [0.1, 0.15) is 0 Å². The predicted molar refractivity (Wildman–Crippen MR) is 59.8 cm³/mol. The van der Waals surface area contributed by atoms with Crippen molar-refractivity contribution in [1.29, 1.82) is 0 Å². The first-order valence-electron chi connectivity index (χ1n) is 4.50. The van der Waals surface area contributed by atoms with Crippen molar-refractivity contribution in [2.75, 3.05) is 11.8 Å².